The fraction of sp³-hybridized carbons (Fsp3) is 0.167. The van der Waals surface area contributed by atoms with Crippen LogP contribution in [0, 0.1) is 0 Å². The third-order valence-electron chi connectivity index (χ3n) is 3.43. The zero-order chi connectivity index (χ0) is 19.1. The van der Waals surface area contributed by atoms with Crippen LogP contribution in [0.3, 0.4) is 0 Å². The van der Waals surface area contributed by atoms with Gasteiger partial charge in [-0.3, -0.25) is 4.79 Å². The van der Waals surface area contributed by atoms with Crippen molar-refractivity contribution in [1.82, 2.24) is 0 Å². The number of urea groups is 1. The molecule has 0 unspecified atom stereocenters. The smallest absolute Gasteiger partial charge is 0.338 e. The highest BCUT2D eigenvalue weighted by Gasteiger charge is 2.16. The van der Waals surface area contributed by atoms with Gasteiger partial charge in [-0.2, -0.15) is 0 Å². The SMILES string of the molecule is COc1ccc(OC)c(C(=O)COC(=O)c2ccc(NC(N)=O)cc2)c1. The highest BCUT2D eigenvalue weighted by atomic mass is 16.5. The molecule has 2 aromatic rings. The molecule has 0 fully saturated rings. The number of esters is 1. The zero-order valence-corrected chi connectivity index (χ0v) is 14.3. The number of nitrogens with two attached hydrogens (primary N) is 1. The van der Waals surface area contributed by atoms with Crippen LogP contribution in [0.1, 0.15) is 20.7 Å². The maximum Gasteiger partial charge on any atom is 0.338 e. The van der Waals surface area contributed by atoms with Crippen molar-refractivity contribution < 1.29 is 28.6 Å². The van der Waals surface area contributed by atoms with E-state index in [2.05, 4.69) is 5.32 Å². The molecular weight excluding hydrogens is 340 g/mol. The topological polar surface area (TPSA) is 117 Å². The molecule has 136 valence electrons. The average Bonchev–Trinajstić information content (AvgIpc) is 2.65. The molecule has 0 radical (unpaired) electrons. The summed E-state index contributed by atoms with van der Waals surface area (Å²) in [7, 11) is 2.92. The number of ketones is 1. The molecule has 0 aliphatic heterocycles. The molecule has 0 atom stereocenters. The van der Waals surface area contributed by atoms with Gasteiger partial charge in [-0.15, -0.1) is 0 Å². The molecule has 8 nitrogen and oxygen atoms in total. The molecule has 2 amide bonds. The molecule has 2 rings (SSSR count). The van der Waals surface area contributed by atoms with Crippen molar-refractivity contribution in [3.05, 3.63) is 53.6 Å². The van der Waals surface area contributed by atoms with E-state index in [1.165, 1.54) is 44.6 Å². The number of carbonyl (C=O) groups is 3. The Labute approximate surface area is 149 Å². The van der Waals surface area contributed by atoms with E-state index in [1.54, 1.807) is 12.1 Å². The van der Waals surface area contributed by atoms with Crippen molar-refractivity contribution in [1.29, 1.82) is 0 Å². The van der Waals surface area contributed by atoms with E-state index < -0.39 is 24.4 Å². The Hall–Kier alpha value is -3.55. The number of rotatable bonds is 7. The lowest BCUT2D eigenvalue weighted by Crippen LogP contribution is -2.19. The minimum Gasteiger partial charge on any atom is -0.497 e. The first-order valence-electron chi connectivity index (χ1n) is 7.53. The number of ether oxygens (including phenoxy) is 3. The number of nitrogens with one attached hydrogen (secondary N) is 1. The second-order valence-corrected chi connectivity index (χ2v) is 5.13. The molecule has 2 aromatic carbocycles. The van der Waals surface area contributed by atoms with Crippen LogP contribution in [0.15, 0.2) is 42.5 Å². The minimum absolute atomic E-state index is 0.227. The molecule has 0 aromatic heterocycles. The summed E-state index contributed by atoms with van der Waals surface area (Å²) in [5.74, 6) is -0.265. The maximum absolute atomic E-state index is 12.3. The van der Waals surface area contributed by atoms with Gasteiger partial charge >= 0.3 is 12.0 Å². The van der Waals surface area contributed by atoms with Crippen LogP contribution < -0.4 is 20.5 Å². The second-order valence-electron chi connectivity index (χ2n) is 5.13. The van der Waals surface area contributed by atoms with E-state index in [9.17, 15) is 14.4 Å². The van der Waals surface area contributed by atoms with Gasteiger partial charge in [-0.25, -0.2) is 9.59 Å². The van der Waals surface area contributed by atoms with E-state index >= 15 is 0 Å². The molecule has 3 N–H and O–H groups in total. The van der Waals surface area contributed by atoms with Crippen molar-refractivity contribution in [2.75, 3.05) is 26.1 Å². The van der Waals surface area contributed by atoms with Gasteiger partial charge in [0.15, 0.2) is 6.61 Å². The van der Waals surface area contributed by atoms with E-state index in [1.807, 2.05) is 0 Å². The quantitative estimate of drug-likeness (QED) is 0.579. The van der Waals surface area contributed by atoms with Crippen molar-refractivity contribution in [2.24, 2.45) is 5.73 Å². The Morgan fingerprint density at radius 1 is 1.00 bits per heavy atom. The van der Waals surface area contributed by atoms with Gasteiger partial charge in [0.2, 0.25) is 5.78 Å². The average molecular weight is 358 g/mol. The third kappa shape index (κ3) is 4.73. The fourth-order valence-corrected chi connectivity index (χ4v) is 2.16. The number of carbonyl (C=O) groups excluding carboxylic acids is 3. The molecule has 26 heavy (non-hydrogen) atoms. The maximum atomic E-state index is 12.3. The van der Waals surface area contributed by atoms with E-state index in [-0.39, 0.29) is 11.1 Å². The summed E-state index contributed by atoms with van der Waals surface area (Å²) in [4.78, 5) is 35.1. The van der Waals surface area contributed by atoms with Crippen LogP contribution in [0.4, 0.5) is 10.5 Å². The summed E-state index contributed by atoms with van der Waals surface area (Å²) in [5.41, 5.74) is 5.92. The number of hydrogen-bond donors (Lipinski definition) is 2. The van der Waals surface area contributed by atoms with Crippen LogP contribution in [-0.4, -0.2) is 38.6 Å². The van der Waals surface area contributed by atoms with E-state index in [0.29, 0.717) is 17.2 Å². The van der Waals surface area contributed by atoms with Crippen LogP contribution in [0.2, 0.25) is 0 Å². The number of anilines is 1. The van der Waals surface area contributed by atoms with E-state index in [0.717, 1.165) is 0 Å². The van der Waals surface area contributed by atoms with Crippen LogP contribution in [0.25, 0.3) is 0 Å². The molecule has 0 spiro atoms. The highest BCUT2D eigenvalue weighted by molar-refractivity contribution is 6.01. The first kappa shape index (κ1) is 18.8. The number of Topliss-reactive ketones (excluding diaryl/α,β-unsaturated/α-hetero) is 1. The Morgan fingerprint density at radius 3 is 2.27 bits per heavy atom. The van der Waals surface area contributed by atoms with Gasteiger partial charge in [0.25, 0.3) is 0 Å². The summed E-state index contributed by atoms with van der Waals surface area (Å²) in [6.07, 6.45) is 0. The second kappa shape index (κ2) is 8.52. The Bertz CT molecular complexity index is 817. The summed E-state index contributed by atoms with van der Waals surface area (Å²) in [5, 5.41) is 2.37. The van der Waals surface area contributed by atoms with Crippen molar-refractivity contribution in [2.45, 2.75) is 0 Å². The first-order chi connectivity index (χ1) is 12.4. The Kier molecular flexibility index (Phi) is 6.15. The third-order valence-corrected chi connectivity index (χ3v) is 3.43. The van der Waals surface area contributed by atoms with Crippen molar-refractivity contribution >= 4 is 23.5 Å². The largest absolute Gasteiger partial charge is 0.497 e. The lowest BCUT2D eigenvalue weighted by atomic mass is 10.1. The van der Waals surface area contributed by atoms with Crippen LogP contribution in [0.5, 0.6) is 11.5 Å². The Morgan fingerprint density at radius 2 is 1.69 bits per heavy atom. The molecule has 0 saturated carbocycles. The Balaban J connectivity index is 2.02. The molecule has 0 saturated heterocycles. The molecular formula is C18H18N2O6. The molecule has 0 bridgehead atoms. The number of hydrogen-bond acceptors (Lipinski definition) is 6. The van der Waals surface area contributed by atoms with E-state index in [4.69, 9.17) is 19.9 Å². The molecule has 0 aliphatic carbocycles. The van der Waals surface area contributed by atoms with Crippen molar-refractivity contribution in [3.63, 3.8) is 0 Å². The lowest BCUT2D eigenvalue weighted by molar-refractivity contribution is 0.0474. The minimum atomic E-state index is -0.710. The van der Waals surface area contributed by atoms with Crippen molar-refractivity contribution in [3.8, 4) is 11.5 Å². The zero-order valence-electron chi connectivity index (χ0n) is 14.3. The lowest BCUT2D eigenvalue weighted by Gasteiger charge is -2.10. The number of benzene rings is 2. The summed E-state index contributed by atoms with van der Waals surface area (Å²) in [6, 6.07) is 9.94. The number of amides is 2. The normalized spacial score (nSPS) is 9.92. The van der Waals surface area contributed by atoms with Gasteiger partial charge in [0.05, 0.1) is 25.3 Å². The monoisotopic (exact) mass is 358 g/mol. The predicted molar refractivity (Wildman–Crippen MR) is 93.8 cm³/mol. The van der Waals surface area contributed by atoms with Crippen LogP contribution in [-0.2, 0) is 4.74 Å². The predicted octanol–water partition coefficient (Wildman–Crippen LogP) is 2.23. The van der Waals surface area contributed by atoms with Gasteiger partial charge in [-0.05, 0) is 42.5 Å². The van der Waals surface area contributed by atoms with Gasteiger partial charge in [-0.1, -0.05) is 0 Å². The van der Waals surface area contributed by atoms with Gasteiger partial charge < -0.3 is 25.3 Å². The van der Waals surface area contributed by atoms with Crippen LogP contribution >= 0.6 is 0 Å². The summed E-state index contributed by atoms with van der Waals surface area (Å²) < 4.78 is 15.3. The number of primary amides is 1. The first-order valence-corrected chi connectivity index (χ1v) is 7.53. The number of methoxy groups -OCH3 is 2. The standard InChI is InChI=1S/C18H18N2O6/c1-24-13-7-8-16(25-2)14(9-13)15(21)10-26-17(22)11-3-5-12(6-4-11)20-18(19)23/h3-9H,10H2,1-2H3,(H3,19,20,23). The molecule has 8 heteroatoms. The van der Waals surface area contributed by atoms with Gasteiger partial charge in [0.1, 0.15) is 11.5 Å². The molecule has 0 aliphatic rings. The fourth-order valence-electron chi connectivity index (χ4n) is 2.16. The summed E-state index contributed by atoms with van der Waals surface area (Å²) >= 11 is 0. The molecule has 0 heterocycles. The van der Waals surface area contributed by atoms with Gasteiger partial charge in [0, 0.05) is 5.69 Å². The summed E-state index contributed by atoms with van der Waals surface area (Å²) in [6.45, 7) is -0.455. The highest BCUT2D eigenvalue weighted by Crippen LogP contribution is 2.24.